The van der Waals surface area contributed by atoms with Crippen LogP contribution in [0.5, 0.6) is 0 Å². The number of aryl methyl sites for hydroxylation is 2. The quantitative estimate of drug-likeness (QED) is 0.867. The van der Waals surface area contributed by atoms with Crippen LogP contribution in [-0.4, -0.2) is 29.2 Å². The summed E-state index contributed by atoms with van der Waals surface area (Å²) in [7, 11) is 0. The van der Waals surface area contributed by atoms with E-state index in [1.807, 2.05) is 12.1 Å². The molecule has 0 radical (unpaired) electrons. The molecule has 0 aromatic heterocycles. The van der Waals surface area contributed by atoms with E-state index >= 15 is 0 Å². The molecular formula is C19H22N2O3. The van der Waals surface area contributed by atoms with Gasteiger partial charge in [-0.1, -0.05) is 18.9 Å². The van der Waals surface area contributed by atoms with Gasteiger partial charge in [0.05, 0.1) is 11.8 Å². The molecule has 24 heavy (non-hydrogen) atoms. The van der Waals surface area contributed by atoms with E-state index < -0.39 is 0 Å². The number of nitrogens with zero attached hydrogens (tertiary/aromatic N) is 1. The van der Waals surface area contributed by atoms with Crippen molar-refractivity contribution in [1.29, 1.82) is 0 Å². The van der Waals surface area contributed by atoms with Crippen molar-refractivity contribution in [3.63, 3.8) is 0 Å². The van der Waals surface area contributed by atoms with Crippen LogP contribution in [-0.2, 0) is 27.2 Å². The maximum Gasteiger partial charge on any atom is 0.244 e. The van der Waals surface area contributed by atoms with Gasteiger partial charge in [0.25, 0.3) is 0 Å². The van der Waals surface area contributed by atoms with Gasteiger partial charge in [0.1, 0.15) is 6.54 Å². The third-order valence-corrected chi connectivity index (χ3v) is 5.62. The Morgan fingerprint density at radius 2 is 1.67 bits per heavy atom. The van der Waals surface area contributed by atoms with E-state index in [1.165, 1.54) is 16.0 Å². The van der Waals surface area contributed by atoms with Gasteiger partial charge in [-0.05, 0) is 55.4 Å². The summed E-state index contributed by atoms with van der Waals surface area (Å²) in [6.45, 7) is -0.165. The van der Waals surface area contributed by atoms with Gasteiger partial charge in [-0.2, -0.15) is 0 Å². The summed E-state index contributed by atoms with van der Waals surface area (Å²) in [5.41, 5.74) is 3.38. The van der Waals surface area contributed by atoms with Crippen LogP contribution in [0.15, 0.2) is 18.2 Å². The van der Waals surface area contributed by atoms with E-state index in [9.17, 15) is 14.4 Å². The molecule has 1 saturated heterocycles. The minimum Gasteiger partial charge on any atom is -0.325 e. The number of nitrogens with one attached hydrogen (secondary N) is 1. The van der Waals surface area contributed by atoms with E-state index in [0.717, 1.165) is 50.6 Å². The number of carbonyl (C=O) groups is 3. The van der Waals surface area contributed by atoms with Gasteiger partial charge in [-0.3, -0.25) is 19.3 Å². The van der Waals surface area contributed by atoms with Gasteiger partial charge in [0.15, 0.2) is 0 Å². The fourth-order valence-electron chi connectivity index (χ4n) is 4.38. The molecular weight excluding hydrogens is 304 g/mol. The van der Waals surface area contributed by atoms with Crippen molar-refractivity contribution in [3.8, 4) is 0 Å². The number of carbonyl (C=O) groups excluding carboxylic acids is 3. The Morgan fingerprint density at radius 3 is 2.38 bits per heavy atom. The highest BCUT2D eigenvalue weighted by Crippen LogP contribution is 2.37. The largest absolute Gasteiger partial charge is 0.325 e. The summed E-state index contributed by atoms with van der Waals surface area (Å²) in [5, 5.41) is 2.84. The van der Waals surface area contributed by atoms with E-state index in [1.54, 1.807) is 0 Å². The molecule has 1 aromatic carbocycles. The molecule has 0 unspecified atom stereocenters. The molecule has 4 rings (SSSR count). The highest BCUT2D eigenvalue weighted by molar-refractivity contribution is 6.08. The first kappa shape index (κ1) is 15.4. The Bertz CT molecular complexity index is 689. The van der Waals surface area contributed by atoms with Gasteiger partial charge >= 0.3 is 0 Å². The van der Waals surface area contributed by atoms with Gasteiger partial charge in [-0.15, -0.1) is 0 Å². The lowest BCUT2D eigenvalue weighted by atomic mass is 9.81. The first-order chi connectivity index (χ1) is 11.6. The number of likely N-dealkylation sites (tertiary alicyclic amines) is 1. The van der Waals surface area contributed by atoms with Crippen LogP contribution < -0.4 is 5.32 Å². The van der Waals surface area contributed by atoms with Crippen LogP contribution in [0.3, 0.4) is 0 Å². The van der Waals surface area contributed by atoms with Crippen molar-refractivity contribution in [2.24, 2.45) is 11.8 Å². The Kier molecular flexibility index (Phi) is 3.87. The lowest BCUT2D eigenvalue weighted by Gasteiger charge is -2.19. The topological polar surface area (TPSA) is 66.5 Å². The molecule has 3 aliphatic rings. The third kappa shape index (κ3) is 2.62. The second-order valence-corrected chi connectivity index (χ2v) is 7.15. The van der Waals surface area contributed by atoms with Crippen LogP contribution >= 0.6 is 0 Å². The van der Waals surface area contributed by atoms with E-state index in [-0.39, 0.29) is 36.1 Å². The van der Waals surface area contributed by atoms with Crippen LogP contribution in [0, 0.1) is 11.8 Å². The highest BCUT2D eigenvalue weighted by atomic mass is 16.2. The maximum absolute atomic E-state index is 12.4. The summed E-state index contributed by atoms with van der Waals surface area (Å²) in [4.78, 5) is 38.3. The molecule has 1 aliphatic heterocycles. The molecule has 5 nitrogen and oxygen atoms in total. The van der Waals surface area contributed by atoms with Crippen molar-refractivity contribution in [2.45, 2.75) is 44.9 Å². The minimum absolute atomic E-state index is 0.159. The summed E-state index contributed by atoms with van der Waals surface area (Å²) >= 11 is 0. The van der Waals surface area contributed by atoms with Crippen molar-refractivity contribution < 1.29 is 14.4 Å². The SMILES string of the molecule is O=C(CN1C(=O)[C@H]2CCCC[C@@H]2C1=O)Nc1ccc2c(c1)CCC2. The Labute approximate surface area is 141 Å². The van der Waals surface area contributed by atoms with Gasteiger partial charge in [0.2, 0.25) is 17.7 Å². The molecule has 3 amide bonds. The Balaban J connectivity index is 1.42. The van der Waals surface area contributed by atoms with E-state index in [4.69, 9.17) is 0 Å². The number of hydrogen-bond acceptors (Lipinski definition) is 3. The first-order valence-electron chi connectivity index (χ1n) is 8.90. The zero-order valence-electron chi connectivity index (χ0n) is 13.7. The Morgan fingerprint density at radius 1 is 1.00 bits per heavy atom. The second-order valence-electron chi connectivity index (χ2n) is 7.15. The van der Waals surface area contributed by atoms with Crippen LogP contribution in [0.1, 0.15) is 43.2 Å². The molecule has 2 fully saturated rings. The van der Waals surface area contributed by atoms with Crippen LogP contribution in [0.4, 0.5) is 5.69 Å². The smallest absolute Gasteiger partial charge is 0.244 e. The molecule has 1 heterocycles. The monoisotopic (exact) mass is 326 g/mol. The lowest BCUT2D eigenvalue weighted by Crippen LogP contribution is -2.38. The summed E-state index contributed by atoms with van der Waals surface area (Å²) < 4.78 is 0. The van der Waals surface area contributed by atoms with E-state index in [2.05, 4.69) is 11.4 Å². The summed E-state index contributed by atoms with van der Waals surface area (Å²) in [6, 6.07) is 5.96. The zero-order valence-corrected chi connectivity index (χ0v) is 13.7. The van der Waals surface area contributed by atoms with Crippen molar-refractivity contribution in [3.05, 3.63) is 29.3 Å². The summed E-state index contributed by atoms with van der Waals surface area (Å²) in [6.07, 6.45) is 6.85. The normalized spacial score (nSPS) is 25.6. The fraction of sp³-hybridized carbons (Fsp3) is 0.526. The number of anilines is 1. The standard InChI is InChI=1S/C19H22N2O3/c22-17(20-14-9-8-12-4-3-5-13(12)10-14)11-21-18(23)15-6-1-2-7-16(15)19(21)24/h8-10,15-16H,1-7,11H2,(H,20,22)/t15-,16-/m0/s1. The number of imide groups is 1. The predicted octanol–water partition coefficient (Wildman–Crippen LogP) is 2.29. The average Bonchev–Trinajstić information content (AvgIpc) is 3.14. The number of rotatable bonds is 3. The van der Waals surface area contributed by atoms with Gasteiger partial charge in [-0.25, -0.2) is 0 Å². The molecule has 2 aliphatic carbocycles. The fourth-order valence-corrected chi connectivity index (χ4v) is 4.38. The predicted molar refractivity (Wildman–Crippen MR) is 89.3 cm³/mol. The van der Waals surface area contributed by atoms with E-state index in [0.29, 0.717) is 0 Å². The lowest BCUT2D eigenvalue weighted by molar-refractivity contribution is -0.142. The molecule has 2 atom stereocenters. The molecule has 1 N–H and O–H groups in total. The maximum atomic E-state index is 12.4. The second kappa shape index (κ2) is 6.04. The molecule has 1 saturated carbocycles. The molecule has 1 aromatic rings. The van der Waals surface area contributed by atoms with Gasteiger partial charge in [0, 0.05) is 5.69 Å². The zero-order chi connectivity index (χ0) is 16.7. The number of benzene rings is 1. The molecule has 126 valence electrons. The number of amides is 3. The Hall–Kier alpha value is -2.17. The average molecular weight is 326 g/mol. The van der Waals surface area contributed by atoms with Gasteiger partial charge < -0.3 is 5.32 Å². The number of fused-ring (bicyclic) bond motifs is 2. The van der Waals surface area contributed by atoms with Crippen LogP contribution in [0.25, 0.3) is 0 Å². The minimum atomic E-state index is -0.298. The third-order valence-electron chi connectivity index (χ3n) is 5.62. The molecule has 0 spiro atoms. The summed E-state index contributed by atoms with van der Waals surface area (Å²) in [5.74, 6) is -1.01. The van der Waals surface area contributed by atoms with Crippen molar-refractivity contribution in [1.82, 2.24) is 4.90 Å². The number of hydrogen-bond donors (Lipinski definition) is 1. The molecule has 5 heteroatoms. The first-order valence-corrected chi connectivity index (χ1v) is 8.90. The van der Waals surface area contributed by atoms with Crippen molar-refractivity contribution in [2.75, 3.05) is 11.9 Å². The van der Waals surface area contributed by atoms with Crippen molar-refractivity contribution >= 4 is 23.4 Å². The molecule has 0 bridgehead atoms. The highest BCUT2D eigenvalue weighted by Gasteiger charge is 2.48. The van der Waals surface area contributed by atoms with Crippen LogP contribution in [0.2, 0.25) is 0 Å².